The third-order valence-electron chi connectivity index (χ3n) is 4.30. The average molecular weight is 374 g/mol. The lowest BCUT2D eigenvalue weighted by atomic mass is 10.1. The molecule has 0 unspecified atom stereocenters. The summed E-state index contributed by atoms with van der Waals surface area (Å²) in [6.45, 7) is 0.558. The van der Waals surface area contributed by atoms with Gasteiger partial charge in [-0.2, -0.15) is 0 Å². The molecule has 142 valence electrons. The molecule has 0 bridgehead atoms. The van der Waals surface area contributed by atoms with Gasteiger partial charge in [-0.05, 0) is 60.5 Å². The minimum absolute atomic E-state index is 0.155. The number of anilines is 1. The Kier molecular flexibility index (Phi) is 6.41. The van der Waals surface area contributed by atoms with E-state index in [1.54, 1.807) is 55.6 Å². The van der Waals surface area contributed by atoms with Crippen LogP contribution in [-0.4, -0.2) is 25.5 Å². The van der Waals surface area contributed by atoms with Crippen LogP contribution in [0.25, 0.3) is 0 Å². The van der Waals surface area contributed by atoms with Crippen molar-refractivity contribution in [3.8, 4) is 5.75 Å². The maximum absolute atomic E-state index is 12.3. The van der Waals surface area contributed by atoms with Crippen molar-refractivity contribution in [2.24, 2.45) is 0 Å². The molecule has 3 aromatic carbocycles. The molecule has 0 aromatic heterocycles. The van der Waals surface area contributed by atoms with Crippen molar-refractivity contribution in [3.05, 3.63) is 95.6 Å². The summed E-state index contributed by atoms with van der Waals surface area (Å²) in [6, 6.07) is 23.7. The molecule has 3 aromatic rings. The van der Waals surface area contributed by atoms with Gasteiger partial charge in [0.1, 0.15) is 5.75 Å². The number of benzene rings is 3. The van der Waals surface area contributed by atoms with Gasteiger partial charge in [0.2, 0.25) is 0 Å². The van der Waals surface area contributed by atoms with Gasteiger partial charge in [-0.1, -0.05) is 30.3 Å². The molecule has 28 heavy (non-hydrogen) atoms. The number of methoxy groups -OCH3 is 1. The Morgan fingerprint density at radius 3 is 2.00 bits per heavy atom. The van der Waals surface area contributed by atoms with Gasteiger partial charge >= 0.3 is 0 Å². The summed E-state index contributed by atoms with van der Waals surface area (Å²) in [5, 5.41) is 5.71. The summed E-state index contributed by atoms with van der Waals surface area (Å²) in [5.74, 6) is 0.333. The van der Waals surface area contributed by atoms with Crippen LogP contribution >= 0.6 is 0 Å². The van der Waals surface area contributed by atoms with E-state index in [-0.39, 0.29) is 11.8 Å². The van der Waals surface area contributed by atoms with Crippen LogP contribution in [-0.2, 0) is 6.42 Å². The molecule has 0 atom stereocenters. The third kappa shape index (κ3) is 5.20. The van der Waals surface area contributed by atoms with Gasteiger partial charge in [-0.15, -0.1) is 0 Å². The summed E-state index contributed by atoms with van der Waals surface area (Å²) < 4.78 is 5.10. The molecular weight excluding hydrogens is 352 g/mol. The highest BCUT2D eigenvalue weighted by atomic mass is 16.5. The summed E-state index contributed by atoms with van der Waals surface area (Å²) in [6.07, 6.45) is 0.773. The molecule has 0 saturated carbocycles. The molecule has 2 N–H and O–H groups in total. The maximum Gasteiger partial charge on any atom is 0.255 e. The van der Waals surface area contributed by atoms with Crippen molar-refractivity contribution in [2.45, 2.75) is 6.42 Å². The van der Waals surface area contributed by atoms with Crippen molar-refractivity contribution >= 4 is 17.5 Å². The van der Waals surface area contributed by atoms with Crippen LogP contribution in [0, 0.1) is 0 Å². The monoisotopic (exact) mass is 374 g/mol. The number of ether oxygens (including phenoxy) is 1. The predicted octanol–water partition coefficient (Wildman–Crippen LogP) is 3.92. The second-order valence-corrected chi connectivity index (χ2v) is 6.25. The Balaban J connectivity index is 1.53. The number of hydrogen-bond donors (Lipinski definition) is 2. The quantitative estimate of drug-likeness (QED) is 0.659. The second-order valence-electron chi connectivity index (χ2n) is 6.25. The molecule has 0 spiro atoms. The second kappa shape index (κ2) is 9.37. The van der Waals surface area contributed by atoms with Crippen LogP contribution in [0.1, 0.15) is 26.3 Å². The first-order valence-corrected chi connectivity index (χ1v) is 9.03. The summed E-state index contributed by atoms with van der Waals surface area (Å²) >= 11 is 0. The molecular formula is C23H22N2O3. The van der Waals surface area contributed by atoms with Gasteiger partial charge in [-0.3, -0.25) is 9.59 Å². The number of amides is 2. The van der Waals surface area contributed by atoms with Crippen LogP contribution < -0.4 is 15.4 Å². The SMILES string of the molecule is COc1ccc(NC(=O)c2ccc(C(=O)NCCc3ccccc3)cc2)cc1. The van der Waals surface area contributed by atoms with E-state index in [9.17, 15) is 9.59 Å². The van der Waals surface area contributed by atoms with Gasteiger partial charge in [0.05, 0.1) is 7.11 Å². The van der Waals surface area contributed by atoms with Crippen LogP contribution in [0.15, 0.2) is 78.9 Å². The van der Waals surface area contributed by atoms with Crippen molar-refractivity contribution in [1.82, 2.24) is 5.32 Å². The van der Waals surface area contributed by atoms with Gasteiger partial charge in [0, 0.05) is 23.4 Å². The summed E-state index contributed by atoms with van der Waals surface area (Å²) in [7, 11) is 1.59. The van der Waals surface area contributed by atoms with Crippen molar-refractivity contribution in [2.75, 3.05) is 19.0 Å². The predicted molar refractivity (Wildman–Crippen MR) is 110 cm³/mol. The molecule has 0 radical (unpaired) electrons. The average Bonchev–Trinajstić information content (AvgIpc) is 2.75. The van der Waals surface area contributed by atoms with E-state index in [0.29, 0.717) is 23.4 Å². The van der Waals surface area contributed by atoms with E-state index in [4.69, 9.17) is 4.74 Å². The van der Waals surface area contributed by atoms with Gasteiger partial charge in [-0.25, -0.2) is 0 Å². The molecule has 5 nitrogen and oxygen atoms in total. The van der Waals surface area contributed by atoms with Crippen molar-refractivity contribution < 1.29 is 14.3 Å². The lowest BCUT2D eigenvalue weighted by molar-refractivity contribution is 0.0952. The lowest BCUT2D eigenvalue weighted by Crippen LogP contribution is -2.25. The minimum Gasteiger partial charge on any atom is -0.497 e. The zero-order chi connectivity index (χ0) is 19.8. The number of carbonyl (C=O) groups is 2. The molecule has 0 aliphatic rings. The smallest absolute Gasteiger partial charge is 0.255 e. The van der Waals surface area contributed by atoms with E-state index in [1.807, 2.05) is 30.3 Å². The van der Waals surface area contributed by atoms with E-state index in [0.717, 1.165) is 12.2 Å². The molecule has 0 aliphatic carbocycles. The highest BCUT2D eigenvalue weighted by molar-refractivity contribution is 6.05. The third-order valence-corrected chi connectivity index (χ3v) is 4.30. The first kappa shape index (κ1) is 19.2. The molecule has 0 saturated heterocycles. The largest absolute Gasteiger partial charge is 0.497 e. The van der Waals surface area contributed by atoms with Crippen molar-refractivity contribution in [1.29, 1.82) is 0 Å². The number of nitrogens with one attached hydrogen (secondary N) is 2. The van der Waals surface area contributed by atoms with E-state index < -0.39 is 0 Å². The number of carbonyl (C=O) groups excluding carboxylic acids is 2. The topological polar surface area (TPSA) is 67.4 Å². The lowest BCUT2D eigenvalue weighted by Gasteiger charge is -2.08. The van der Waals surface area contributed by atoms with Crippen LogP contribution in [0.3, 0.4) is 0 Å². The summed E-state index contributed by atoms with van der Waals surface area (Å²) in [5.41, 5.74) is 2.85. The molecule has 0 fully saturated rings. The van der Waals surface area contributed by atoms with Crippen molar-refractivity contribution in [3.63, 3.8) is 0 Å². The number of hydrogen-bond acceptors (Lipinski definition) is 3. The Morgan fingerprint density at radius 2 is 1.39 bits per heavy atom. The fourth-order valence-electron chi connectivity index (χ4n) is 2.72. The zero-order valence-electron chi connectivity index (χ0n) is 15.6. The summed E-state index contributed by atoms with van der Waals surface area (Å²) in [4.78, 5) is 24.6. The zero-order valence-corrected chi connectivity index (χ0v) is 15.6. The Hall–Kier alpha value is -3.60. The first-order valence-electron chi connectivity index (χ1n) is 9.03. The van der Waals surface area contributed by atoms with Crippen LogP contribution in [0.2, 0.25) is 0 Å². The molecule has 0 heterocycles. The number of rotatable bonds is 7. The van der Waals surface area contributed by atoms with Gasteiger partial charge in [0.15, 0.2) is 0 Å². The van der Waals surface area contributed by atoms with E-state index >= 15 is 0 Å². The first-order chi connectivity index (χ1) is 13.7. The van der Waals surface area contributed by atoms with Gasteiger partial charge < -0.3 is 15.4 Å². The standard InChI is InChI=1S/C23H22N2O3/c1-28-21-13-11-20(12-14-21)25-23(27)19-9-7-18(8-10-19)22(26)24-16-15-17-5-3-2-4-6-17/h2-14H,15-16H2,1H3,(H,24,26)(H,25,27). The molecule has 3 rings (SSSR count). The normalized spacial score (nSPS) is 10.2. The Bertz CT molecular complexity index is 920. The van der Waals surface area contributed by atoms with Crippen LogP contribution in [0.4, 0.5) is 5.69 Å². The van der Waals surface area contributed by atoms with Gasteiger partial charge in [0.25, 0.3) is 11.8 Å². The Morgan fingerprint density at radius 1 is 0.786 bits per heavy atom. The molecule has 2 amide bonds. The highest BCUT2D eigenvalue weighted by Crippen LogP contribution is 2.16. The fraction of sp³-hybridized carbons (Fsp3) is 0.130. The maximum atomic E-state index is 12.3. The van der Waals surface area contributed by atoms with E-state index in [2.05, 4.69) is 10.6 Å². The Labute approximate surface area is 164 Å². The highest BCUT2D eigenvalue weighted by Gasteiger charge is 2.09. The molecule has 0 aliphatic heterocycles. The van der Waals surface area contributed by atoms with E-state index in [1.165, 1.54) is 5.56 Å². The molecule has 5 heteroatoms. The van der Waals surface area contributed by atoms with Crippen LogP contribution in [0.5, 0.6) is 5.75 Å². The fourth-order valence-corrected chi connectivity index (χ4v) is 2.72. The minimum atomic E-state index is -0.235.